The van der Waals surface area contributed by atoms with E-state index in [2.05, 4.69) is 9.88 Å². The molecule has 1 saturated heterocycles. The maximum absolute atomic E-state index is 10.5. The summed E-state index contributed by atoms with van der Waals surface area (Å²) in [5.74, 6) is -0.759. The van der Waals surface area contributed by atoms with Crippen LogP contribution >= 0.6 is 0 Å². The Morgan fingerprint density at radius 1 is 1.59 bits per heavy atom. The molecule has 1 aromatic rings. The quantitative estimate of drug-likeness (QED) is 0.796. The van der Waals surface area contributed by atoms with E-state index in [0.717, 1.165) is 13.1 Å². The molecule has 0 aromatic carbocycles. The van der Waals surface area contributed by atoms with Crippen LogP contribution in [0.25, 0.3) is 0 Å². The molecule has 17 heavy (non-hydrogen) atoms. The van der Waals surface area contributed by atoms with E-state index in [1.54, 1.807) is 19.6 Å². The molecule has 6 heteroatoms. The van der Waals surface area contributed by atoms with Gasteiger partial charge in [-0.05, 0) is 0 Å². The van der Waals surface area contributed by atoms with E-state index in [4.69, 9.17) is 9.84 Å². The number of rotatable bonds is 5. The van der Waals surface area contributed by atoms with Crippen LogP contribution in [0.1, 0.15) is 12.5 Å². The third-order valence-electron chi connectivity index (χ3n) is 3.17. The Labute approximate surface area is 99.8 Å². The molecular formula is C11H17N3O3. The Morgan fingerprint density at radius 2 is 2.41 bits per heavy atom. The minimum absolute atomic E-state index is 0.0954. The number of nitrogens with zero attached hydrogens (tertiary/aromatic N) is 3. The van der Waals surface area contributed by atoms with Crippen molar-refractivity contribution < 1.29 is 14.6 Å². The van der Waals surface area contributed by atoms with Crippen molar-refractivity contribution in [3.05, 3.63) is 18.7 Å². The second-order valence-corrected chi connectivity index (χ2v) is 4.25. The van der Waals surface area contributed by atoms with Gasteiger partial charge < -0.3 is 14.4 Å². The van der Waals surface area contributed by atoms with Crippen molar-refractivity contribution in [2.45, 2.75) is 18.6 Å². The van der Waals surface area contributed by atoms with Crippen LogP contribution in [-0.4, -0.2) is 58.4 Å². The van der Waals surface area contributed by atoms with Gasteiger partial charge >= 0.3 is 5.97 Å². The number of aromatic nitrogens is 2. The van der Waals surface area contributed by atoms with Crippen molar-refractivity contribution in [1.29, 1.82) is 0 Å². The Morgan fingerprint density at radius 3 is 3.00 bits per heavy atom. The maximum atomic E-state index is 10.5. The molecule has 1 N–H and O–H groups in total. The number of hydrogen-bond donors (Lipinski definition) is 1. The molecule has 1 aliphatic rings. The third kappa shape index (κ3) is 2.83. The predicted molar refractivity (Wildman–Crippen MR) is 60.8 cm³/mol. The lowest BCUT2D eigenvalue weighted by Crippen LogP contribution is -2.25. The second kappa shape index (κ2) is 5.29. The van der Waals surface area contributed by atoms with Crippen molar-refractivity contribution in [2.24, 2.45) is 0 Å². The fourth-order valence-corrected chi connectivity index (χ4v) is 2.25. The number of imidazole rings is 1. The average Bonchev–Trinajstić information content (AvgIpc) is 2.94. The minimum atomic E-state index is -0.759. The zero-order valence-corrected chi connectivity index (χ0v) is 9.82. The first kappa shape index (κ1) is 12.1. The van der Waals surface area contributed by atoms with Gasteiger partial charge in [-0.25, -0.2) is 4.98 Å². The van der Waals surface area contributed by atoms with Gasteiger partial charge in [0.05, 0.1) is 24.9 Å². The van der Waals surface area contributed by atoms with Crippen molar-refractivity contribution in [3.8, 4) is 0 Å². The number of carboxylic acid groups (broad SMARTS) is 1. The van der Waals surface area contributed by atoms with Crippen molar-refractivity contribution in [3.63, 3.8) is 0 Å². The Kier molecular flexibility index (Phi) is 3.75. The van der Waals surface area contributed by atoms with Gasteiger partial charge in [-0.2, -0.15) is 0 Å². The lowest BCUT2D eigenvalue weighted by atomic mass is 10.2. The number of carboxylic acids is 1. The lowest BCUT2D eigenvalue weighted by molar-refractivity contribution is -0.137. The molecule has 0 saturated carbocycles. The van der Waals surface area contributed by atoms with Crippen LogP contribution in [0.4, 0.5) is 0 Å². The molecule has 0 aliphatic carbocycles. The lowest BCUT2D eigenvalue weighted by Gasteiger charge is -2.17. The van der Waals surface area contributed by atoms with E-state index in [9.17, 15) is 4.79 Å². The summed E-state index contributed by atoms with van der Waals surface area (Å²) in [5, 5.41) is 8.67. The van der Waals surface area contributed by atoms with Gasteiger partial charge in [-0.15, -0.1) is 0 Å². The van der Waals surface area contributed by atoms with Gasteiger partial charge in [0.2, 0.25) is 0 Å². The standard InChI is InChI=1S/C11H17N3O3/c1-17-10-7-13(4-2-11(15)16)6-9(10)14-5-3-12-8-14/h3,5,8-10H,2,4,6-7H2,1H3,(H,15,16)/t9-,10-/m1/s1. The first-order valence-electron chi connectivity index (χ1n) is 5.65. The maximum Gasteiger partial charge on any atom is 0.304 e. The van der Waals surface area contributed by atoms with Crippen LogP contribution in [0.15, 0.2) is 18.7 Å². The number of ether oxygens (including phenoxy) is 1. The number of likely N-dealkylation sites (tertiary alicyclic amines) is 1. The van der Waals surface area contributed by atoms with Crippen LogP contribution in [0, 0.1) is 0 Å². The summed E-state index contributed by atoms with van der Waals surface area (Å²) in [6.07, 6.45) is 5.70. The highest BCUT2D eigenvalue weighted by atomic mass is 16.5. The van der Waals surface area contributed by atoms with Gasteiger partial charge in [0.25, 0.3) is 0 Å². The van der Waals surface area contributed by atoms with Crippen molar-refractivity contribution >= 4 is 5.97 Å². The van der Waals surface area contributed by atoms with Crippen molar-refractivity contribution in [2.75, 3.05) is 26.7 Å². The predicted octanol–water partition coefficient (Wildman–Crippen LogP) is 0.230. The van der Waals surface area contributed by atoms with Crippen LogP contribution < -0.4 is 0 Å². The molecule has 1 fully saturated rings. The Bertz CT molecular complexity index is 366. The number of carbonyl (C=O) groups is 1. The molecule has 1 aromatic heterocycles. The molecule has 2 rings (SSSR count). The van der Waals surface area contributed by atoms with Gasteiger partial charge in [-0.1, -0.05) is 0 Å². The van der Waals surface area contributed by atoms with Crippen LogP contribution in [0.3, 0.4) is 0 Å². The summed E-state index contributed by atoms with van der Waals surface area (Å²) in [5.41, 5.74) is 0. The Balaban J connectivity index is 1.96. The highest BCUT2D eigenvalue weighted by Gasteiger charge is 2.33. The zero-order valence-electron chi connectivity index (χ0n) is 9.82. The molecule has 0 radical (unpaired) electrons. The van der Waals surface area contributed by atoms with Crippen molar-refractivity contribution in [1.82, 2.24) is 14.5 Å². The SMILES string of the molecule is CO[C@@H]1CN(CCC(=O)O)C[C@H]1n1ccnc1. The topological polar surface area (TPSA) is 67.6 Å². The summed E-state index contributed by atoms with van der Waals surface area (Å²) >= 11 is 0. The molecule has 6 nitrogen and oxygen atoms in total. The number of hydrogen-bond acceptors (Lipinski definition) is 4. The van der Waals surface area contributed by atoms with E-state index < -0.39 is 5.97 Å². The molecule has 0 bridgehead atoms. The van der Waals surface area contributed by atoms with E-state index >= 15 is 0 Å². The van der Waals surface area contributed by atoms with Crippen LogP contribution in [0.5, 0.6) is 0 Å². The monoisotopic (exact) mass is 239 g/mol. The van der Waals surface area contributed by atoms with Crippen LogP contribution in [-0.2, 0) is 9.53 Å². The number of aliphatic carboxylic acids is 1. The first-order valence-corrected chi connectivity index (χ1v) is 5.65. The smallest absolute Gasteiger partial charge is 0.304 e. The fraction of sp³-hybridized carbons (Fsp3) is 0.636. The number of methoxy groups -OCH3 is 1. The normalized spacial score (nSPS) is 25.2. The summed E-state index contributed by atoms with van der Waals surface area (Å²) in [6.45, 7) is 2.15. The molecule has 1 aliphatic heterocycles. The van der Waals surface area contributed by atoms with Gasteiger partial charge in [-0.3, -0.25) is 9.69 Å². The third-order valence-corrected chi connectivity index (χ3v) is 3.17. The zero-order chi connectivity index (χ0) is 12.3. The molecule has 2 atom stereocenters. The average molecular weight is 239 g/mol. The molecule has 0 amide bonds. The van der Waals surface area contributed by atoms with E-state index in [0.29, 0.717) is 6.54 Å². The van der Waals surface area contributed by atoms with Crippen LogP contribution in [0.2, 0.25) is 0 Å². The summed E-state index contributed by atoms with van der Waals surface area (Å²) in [6, 6.07) is 0.219. The first-order chi connectivity index (χ1) is 8.20. The largest absolute Gasteiger partial charge is 0.481 e. The molecule has 2 heterocycles. The second-order valence-electron chi connectivity index (χ2n) is 4.25. The summed E-state index contributed by atoms with van der Waals surface area (Å²) in [4.78, 5) is 16.7. The molecule has 94 valence electrons. The van der Waals surface area contributed by atoms with Gasteiger partial charge in [0.15, 0.2) is 0 Å². The summed E-state index contributed by atoms with van der Waals surface area (Å²) in [7, 11) is 1.69. The highest BCUT2D eigenvalue weighted by Crippen LogP contribution is 2.24. The molecular weight excluding hydrogens is 222 g/mol. The fourth-order valence-electron chi connectivity index (χ4n) is 2.25. The highest BCUT2D eigenvalue weighted by molar-refractivity contribution is 5.66. The minimum Gasteiger partial charge on any atom is -0.481 e. The molecule has 0 unspecified atom stereocenters. The van der Waals surface area contributed by atoms with Gasteiger partial charge in [0.1, 0.15) is 0 Å². The summed E-state index contributed by atoms with van der Waals surface area (Å²) < 4.78 is 7.47. The molecule has 0 spiro atoms. The van der Waals surface area contributed by atoms with E-state index in [1.165, 1.54) is 0 Å². The Hall–Kier alpha value is -1.40. The van der Waals surface area contributed by atoms with Gasteiger partial charge in [0, 0.05) is 39.1 Å². The van der Waals surface area contributed by atoms with E-state index in [-0.39, 0.29) is 18.6 Å². The van der Waals surface area contributed by atoms with E-state index in [1.807, 2.05) is 10.8 Å².